The van der Waals surface area contributed by atoms with E-state index in [1.807, 2.05) is 0 Å². The summed E-state index contributed by atoms with van der Waals surface area (Å²) in [6, 6.07) is 1.68. The molecule has 7 atom stereocenters. The molecule has 0 spiro atoms. The Balaban J connectivity index is 1.26. The molecule has 5 fully saturated rings. The highest BCUT2D eigenvalue weighted by molar-refractivity contribution is 4.93. The molecule has 0 amide bonds. The minimum atomic E-state index is 0.817. The van der Waals surface area contributed by atoms with Gasteiger partial charge in [0, 0.05) is 18.6 Å². The van der Waals surface area contributed by atoms with Crippen LogP contribution in [0, 0.1) is 29.6 Å². The number of nitrogens with one attached hydrogen (secondary N) is 1. The number of nitrogens with zero attached hydrogens (tertiary/aromatic N) is 1. The largest absolute Gasteiger partial charge is 0.252 e. The van der Waals surface area contributed by atoms with Crippen LogP contribution in [-0.4, -0.2) is 23.6 Å². The zero-order valence-corrected chi connectivity index (χ0v) is 17.0. The van der Waals surface area contributed by atoms with Crippen molar-refractivity contribution in [3.05, 3.63) is 0 Å². The predicted molar refractivity (Wildman–Crippen MR) is 109 cm³/mol. The standard InChI is InChI=1S/C24H42N2/c1-2-8-21-17-22(21)10-5-9-19-13-14-23(19)25-26-15-4-3-7-20-12-11-18(6-1)16-24(20)26/h18-25H,1-17H2. The van der Waals surface area contributed by atoms with Crippen molar-refractivity contribution in [3.63, 3.8) is 0 Å². The molecule has 26 heavy (non-hydrogen) atoms. The molecule has 2 heterocycles. The second-order valence-electron chi connectivity index (χ2n) is 10.7. The smallest absolute Gasteiger partial charge is 0.0274 e. The summed E-state index contributed by atoms with van der Waals surface area (Å²) in [6.45, 7) is 1.32. The molecular weight excluding hydrogens is 316 g/mol. The maximum Gasteiger partial charge on any atom is 0.0274 e. The Morgan fingerprint density at radius 1 is 0.538 bits per heavy atom. The second kappa shape index (κ2) is 8.11. The number of rotatable bonds is 0. The van der Waals surface area contributed by atoms with Crippen LogP contribution < -0.4 is 5.43 Å². The lowest BCUT2D eigenvalue weighted by atomic mass is 9.74. The van der Waals surface area contributed by atoms with Gasteiger partial charge in [-0.25, -0.2) is 5.01 Å². The lowest BCUT2D eigenvalue weighted by Crippen LogP contribution is -2.58. The Kier molecular flexibility index (Phi) is 5.61. The summed E-state index contributed by atoms with van der Waals surface area (Å²) in [5.41, 5.74) is 4.12. The van der Waals surface area contributed by atoms with Crippen molar-refractivity contribution < 1.29 is 0 Å². The van der Waals surface area contributed by atoms with E-state index in [1.54, 1.807) is 19.3 Å². The molecule has 148 valence electrons. The van der Waals surface area contributed by atoms with E-state index in [2.05, 4.69) is 10.4 Å². The molecule has 0 aromatic carbocycles. The zero-order valence-electron chi connectivity index (χ0n) is 17.0. The molecule has 2 bridgehead atoms. The van der Waals surface area contributed by atoms with Gasteiger partial charge in [0.2, 0.25) is 0 Å². The van der Waals surface area contributed by atoms with E-state index >= 15 is 0 Å². The van der Waals surface area contributed by atoms with Gasteiger partial charge in [0.25, 0.3) is 0 Å². The first-order valence-electron chi connectivity index (χ1n) is 12.4. The first-order valence-corrected chi connectivity index (χ1v) is 12.4. The highest BCUT2D eigenvalue weighted by atomic mass is 15.5. The molecule has 3 aliphatic carbocycles. The topological polar surface area (TPSA) is 15.3 Å². The van der Waals surface area contributed by atoms with Gasteiger partial charge >= 0.3 is 0 Å². The Bertz CT molecular complexity index is 463. The van der Waals surface area contributed by atoms with Crippen molar-refractivity contribution in [2.45, 2.75) is 115 Å². The number of hydrogen-bond acceptors (Lipinski definition) is 2. The van der Waals surface area contributed by atoms with Crippen LogP contribution in [0.5, 0.6) is 0 Å². The van der Waals surface area contributed by atoms with E-state index in [9.17, 15) is 0 Å². The summed E-state index contributed by atoms with van der Waals surface area (Å²) in [5.74, 6) is 5.26. The summed E-state index contributed by atoms with van der Waals surface area (Å²) in [6.07, 6.45) is 24.2. The third-order valence-corrected chi connectivity index (χ3v) is 9.09. The minimum absolute atomic E-state index is 0.817. The van der Waals surface area contributed by atoms with Crippen LogP contribution >= 0.6 is 0 Å². The SMILES string of the molecule is C1CCC2CC2CCCC2CCC2NN2CCCCC3CCC(C1)CC32. The highest BCUT2D eigenvalue weighted by Gasteiger charge is 2.40. The van der Waals surface area contributed by atoms with Gasteiger partial charge in [-0.1, -0.05) is 51.4 Å². The van der Waals surface area contributed by atoms with Crippen LogP contribution in [0.15, 0.2) is 0 Å². The monoisotopic (exact) mass is 358 g/mol. The Hall–Kier alpha value is -0.0800. The molecular formula is C24H42N2. The molecule has 2 nitrogen and oxygen atoms in total. The van der Waals surface area contributed by atoms with E-state index in [4.69, 9.17) is 0 Å². The Labute approximate surface area is 161 Å². The quantitative estimate of drug-likeness (QED) is 0.578. The van der Waals surface area contributed by atoms with Gasteiger partial charge < -0.3 is 0 Å². The molecule has 5 rings (SSSR count). The minimum Gasteiger partial charge on any atom is -0.252 e. The summed E-state index contributed by atoms with van der Waals surface area (Å²) >= 11 is 0. The van der Waals surface area contributed by atoms with E-state index in [1.165, 1.54) is 90.0 Å². The van der Waals surface area contributed by atoms with Crippen molar-refractivity contribution in [1.82, 2.24) is 10.4 Å². The number of fused-ring (bicyclic) bond motifs is 3. The molecule has 1 N–H and O–H groups in total. The molecule has 2 saturated heterocycles. The van der Waals surface area contributed by atoms with Crippen molar-refractivity contribution in [1.29, 1.82) is 0 Å². The molecule has 3 saturated carbocycles. The lowest BCUT2D eigenvalue weighted by molar-refractivity contribution is 0.000104. The number of hydrogen-bond donors (Lipinski definition) is 1. The number of hydrazine groups is 1. The molecule has 7 unspecified atom stereocenters. The summed E-state index contributed by atoms with van der Waals surface area (Å²) in [7, 11) is 0. The first-order chi connectivity index (χ1) is 12.9. The lowest BCUT2D eigenvalue weighted by Gasteiger charge is -2.47. The van der Waals surface area contributed by atoms with Gasteiger partial charge in [-0.05, 0) is 81.0 Å². The predicted octanol–water partition coefficient (Wildman–Crippen LogP) is 5.92. The van der Waals surface area contributed by atoms with Crippen molar-refractivity contribution in [2.24, 2.45) is 29.6 Å². The van der Waals surface area contributed by atoms with Crippen molar-refractivity contribution in [2.75, 3.05) is 6.54 Å². The molecule has 5 aliphatic rings. The van der Waals surface area contributed by atoms with E-state index in [-0.39, 0.29) is 0 Å². The molecule has 2 aliphatic heterocycles. The van der Waals surface area contributed by atoms with Crippen LogP contribution in [0.3, 0.4) is 0 Å². The van der Waals surface area contributed by atoms with Crippen molar-refractivity contribution >= 4 is 0 Å². The fourth-order valence-electron chi connectivity index (χ4n) is 7.09. The van der Waals surface area contributed by atoms with Gasteiger partial charge in [-0.2, -0.15) is 0 Å². The van der Waals surface area contributed by atoms with Gasteiger partial charge in [-0.15, -0.1) is 0 Å². The molecule has 0 radical (unpaired) electrons. The molecule has 0 aromatic heterocycles. The van der Waals surface area contributed by atoms with Gasteiger partial charge in [0.1, 0.15) is 0 Å². The maximum atomic E-state index is 4.12. The van der Waals surface area contributed by atoms with Crippen LogP contribution in [0.25, 0.3) is 0 Å². The summed E-state index contributed by atoms with van der Waals surface area (Å²) < 4.78 is 0. The fraction of sp³-hybridized carbons (Fsp3) is 1.00. The average molecular weight is 359 g/mol. The van der Waals surface area contributed by atoms with Crippen LogP contribution in [0.4, 0.5) is 0 Å². The van der Waals surface area contributed by atoms with Crippen LogP contribution in [0.2, 0.25) is 0 Å². The molecule has 2 heteroatoms. The van der Waals surface area contributed by atoms with Gasteiger partial charge in [0.05, 0.1) is 0 Å². The average Bonchev–Trinajstić information content (AvgIpc) is 3.41. The van der Waals surface area contributed by atoms with Crippen molar-refractivity contribution in [3.8, 4) is 0 Å². The van der Waals surface area contributed by atoms with Crippen LogP contribution in [-0.2, 0) is 0 Å². The molecule has 0 aromatic rings. The maximum absolute atomic E-state index is 4.12. The Morgan fingerprint density at radius 3 is 2.15 bits per heavy atom. The van der Waals surface area contributed by atoms with E-state index in [0.717, 1.165) is 41.7 Å². The van der Waals surface area contributed by atoms with E-state index < -0.39 is 0 Å². The third-order valence-electron chi connectivity index (χ3n) is 9.09. The normalized spacial score (nSPS) is 47.8. The van der Waals surface area contributed by atoms with E-state index in [0.29, 0.717) is 0 Å². The third kappa shape index (κ3) is 4.02. The van der Waals surface area contributed by atoms with Crippen LogP contribution in [0.1, 0.15) is 103 Å². The summed E-state index contributed by atoms with van der Waals surface area (Å²) in [5, 5.41) is 2.80. The fourth-order valence-corrected chi connectivity index (χ4v) is 7.09. The summed E-state index contributed by atoms with van der Waals surface area (Å²) in [4.78, 5) is 0. The van der Waals surface area contributed by atoms with Gasteiger partial charge in [-0.3, -0.25) is 5.43 Å². The second-order valence-corrected chi connectivity index (χ2v) is 10.7. The zero-order chi connectivity index (χ0) is 17.3. The van der Waals surface area contributed by atoms with Gasteiger partial charge in [0.15, 0.2) is 0 Å². The Morgan fingerprint density at radius 2 is 1.27 bits per heavy atom. The first kappa shape index (κ1) is 18.0. The highest BCUT2D eigenvalue weighted by Crippen LogP contribution is 2.47.